The van der Waals surface area contributed by atoms with E-state index in [1.54, 1.807) is 37.3 Å². The van der Waals surface area contributed by atoms with E-state index in [2.05, 4.69) is 20.5 Å². The molecule has 28 heavy (non-hydrogen) atoms. The van der Waals surface area contributed by atoms with Crippen LogP contribution in [0.5, 0.6) is 5.88 Å². The zero-order valence-corrected chi connectivity index (χ0v) is 14.9. The summed E-state index contributed by atoms with van der Waals surface area (Å²) in [6.45, 7) is 1.70. The lowest BCUT2D eigenvalue weighted by Crippen LogP contribution is -2.33. The number of hydrogen-bond donors (Lipinski definition) is 3. The van der Waals surface area contributed by atoms with Crippen molar-refractivity contribution in [2.24, 2.45) is 5.10 Å². The molecule has 0 saturated heterocycles. The molecule has 0 bridgehead atoms. The van der Waals surface area contributed by atoms with Crippen LogP contribution < -0.4 is 16.7 Å². The van der Waals surface area contributed by atoms with E-state index in [4.69, 9.17) is 0 Å². The van der Waals surface area contributed by atoms with Gasteiger partial charge >= 0.3 is 5.69 Å². The molecule has 2 heterocycles. The monoisotopic (exact) mass is 379 g/mol. The zero-order chi connectivity index (χ0) is 20.1. The molecule has 0 fully saturated rings. The molecular weight excluding hydrogens is 362 g/mol. The maximum absolute atomic E-state index is 12.3. The van der Waals surface area contributed by atoms with Crippen LogP contribution in [0, 0.1) is 0 Å². The summed E-state index contributed by atoms with van der Waals surface area (Å²) in [5.41, 5.74) is 1.40. The van der Waals surface area contributed by atoms with Crippen molar-refractivity contribution in [2.75, 3.05) is 0 Å². The average Bonchev–Trinajstić information content (AvgIpc) is 2.71. The number of hydrogen-bond acceptors (Lipinski definition) is 6. The first kappa shape index (κ1) is 18.8. The number of rotatable bonds is 5. The summed E-state index contributed by atoms with van der Waals surface area (Å²) < 4.78 is 0.965. The molecule has 9 nitrogen and oxygen atoms in total. The van der Waals surface area contributed by atoms with Gasteiger partial charge in [-0.25, -0.2) is 14.8 Å². The topological polar surface area (TPSA) is 129 Å². The molecule has 0 radical (unpaired) electrons. The Kier molecular flexibility index (Phi) is 5.45. The summed E-state index contributed by atoms with van der Waals surface area (Å²) in [6, 6.07) is 11.4. The number of H-pyrrole nitrogens is 1. The number of nitrogens with one attached hydrogen (secondary N) is 2. The van der Waals surface area contributed by atoms with Crippen LogP contribution in [0.4, 0.5) is 0 Å². The number of benzene rings is 1. The normalized spacial score (nSPS) is 11.2. The predicted molar refractivity (Wildman–Crippen MR) is 103 cm³/mol. The van der Waals surface area contributed by atoms with Crippen LogP contribution in [0.2, 0.25) is 0 Å². The number of para-hydroxylation sites is 1. The summed E-state index contributed by atoms with van der Waals surface area (Å²) in [4.78, 5) is 42.7. The number of carbonyl (C=O) groups is 1. The maximum Gasteiger partial charge on any atom is 0.335 e. The number of aromatic hydroxyl groups is 1. The summed E-state index contributed by atoms with van der Waals surface area (Å²) in [5, 5.41) is 14.6. The number of pyridine rings is 1. The lowest BCUT2D eigenvalue weighted by atomic mass is 10.1. The molecular formula is C19H17N5O4. The van der Waals surface area contributed by atoms with Gasteiger partial charge in [0, 0.05) is 18.0 Å². The van der Waals surface area contributed by atoms with E-state index < -0.39 is 23.0 Å². The van der Waals surface area contributed by atoms with Crippen LogP contribution in [-0.2, 0) is 0 Å². The van der Waals surface area contributed by atoms with Gasteiger partial charge in [-0.1, -0.05) is 25.1 Å². The van der Waals surface area contributed by atoms with E-state index in [-0.39, 0.29) is 17.7 Å². The minimum absolute atomic E-state index is 0.117. The van der Waals surface area contributed by atoms with Crippen LogP contribution in [-0.4, -0.2) is 31.3 Å². The fourth-order valence-electron chi connectivity index (χ4n) is 2.60. The van der Waals surface area contributed by atoms with Crippen molar-refractivity contribution in [3.05, 3.63) is 86.8 Å². The van der Waals surface area contributed by atoms with E-state index in [1.807, 2.05) is 0 Å². The molecule has 0 aliphatic rings. The third-order valence-electron chi connectivity index (χ3n) is 3.96. The molecule has 0 aliphatic heterocycles. The van der Waals surface area contributed by atoms with Gasteiger partial charge in [0.15, 0.2) is 0 Å². The molecule has 0 unspecified atom stereocenters. The zero-order valence-electron chi connectivity index (χ0n) is 14.9. The molecule has 1 amide bonds. The van der Waals surface area contributed by atoms with Gasteiger partial charge in [0.05, 0.1) is 11.4 Å². The summed E-state index contributed by atoms with van der Waals surface area (Å²) in [6.07, 6.45) is 3.15. The number of aromatic amines is 1. The highest BCUT2D eigenvalue weighted by atomic mass is 16.3. The Hall–Kier alpha value is -4.01. The van der Waals surface area contributed by atoms with Gasteiger partial charge in [-0.15, -0.1) is 0 Å². The highest BCUT2D eigenvalue weighted by molar-refractivity contribution is 6.03. The van der Waals surface area contributed by atoms with Crippen LogP contribution in [0.3, 0.4) is 0 Å². The van der Waals surface area contributed by atoms with Gasteiger partial charge in [0.2, 0.25) is 5.88 Å². The number of nitrogens with zero attached hydrogens (tertiary/aromatic N) is 3. The molecule has 3 N–H and O–H groups in total. The molecule has 0 aliphatic carbocycles. The Labute approximate surface area is 159 Å². The molecule has 9 heteroatoms. The fourth-order valence-corrected chi connectivity index (χ4v) is 2.60. The average molecular weight is 379 g/mol. The Morgan fingerprint density at radius 2 is 1.86 bits per heavy atom. The van der Waals surface area contributed by atoms with Gasteiger partial charge in [0.1, 0.15) is 5.56 Å². The molecule has 0 spiro atoms. The molecule has 3 aromatic rings. The minimum Gasteiger partial charge on any atom is -0.493 e. The highest BCUT2D eigenvalue weighted by Crippen LogP contribution is 2.17. The number of aromatic nitrogens is 3. The highest BCUT2D eigenvalue weighted by Gasteiger charge is 2.19. The van der Waals surface area contributed by atoms with Crippen LogP contribution in [0.15, 0.2) is 69.5 Å². The van der Waals surface area contributed by atoms with E-state index in [0.29, 0.717) is 11.3 Å². The van der Waals surface area contributed by atoms with E-state index >= 15 is 0 Å². The predicted octanol–water partition coefficient (Wildman–Crippen LogP) is 1.17. The minimum atomic E-state index is -0.798. The third kappa shape index (κ3) is 3.73. The molecule has 0 atom stereocenters. The van der Waals surface area contributed by atoms with Gasteiger partial charge in [-0.3, -0.25) is 19.6 Å². The first-order valence-corrected chi connectivity index (χ1v) is 8.44. The first-order valence-electron chi connectivity index (χ1n) is 8.44. The summed E-state index contributed by atoms with van der Waals surface area (Å²) in [7, 11) is 0. The van der Waals surface area contributed by atoms with Gasteiger partial charge in [-0.2, -0.15) is 5.10 Å². The van der Waals surface area contributed by atoms with Crippen LogP contribution >= 0.6 is 0 Å². The smallest absolute Gasteiger partial charge is 0.335 e. The van der Waals surface area contributed by atoms with Crippen molar-refractivity contribution in [1.82, 2.24) is 20.0 Å². The lowest BCUT2D eigenvalue weighted by Gasteiger charge is -2.12. The second-order valence-electron chi connectivity index (χ2n) is 5.72. The fraction of sp³-hybridized carbons (Fsp3) is 0.105. The molecule has 0 saturated carbocycles. The molecule has 142 valence electrons. The van der Waals surface area contributed by atoms with E-state index in [1.165, 1.54) is 24.5 Å². The van der Waals surface area contributed by atoms with Crippen molar-refractivity contribution < 1.29 is 9.90 Å². The summed E-state index contributed by atoms with van der Waals surface area (Å²) >= 11 is 0. The Morgan fingerprint density at radius 1 is 1.18 bits per heavy atom. The second-order valence-corrected chi connectivity index (χ2v) is 5.72. The SMILES string of the molecule is CC/C(=N\NC(=O)c1ccncc1)c1c(O)n(-c2ccccc2)c(=O)[nH]c1=O. The lowest BCUT2D eigenvalue weighted by molar-refractivity contribution is 0.0954. The van der Waals surface area contributed by atoms with Crippen LogP contribution in [0.25, 0.3) is 5.69 Å². The quantitative estimate of drug-likeness (QED) is 0.453. The van der Waals surface area contributed by atoms with Gasteiger partial charge < -0.3 is 5.11 Å². The van der Waals surface area contributed by atoms with Crippen molar-refractivity contribution in [3.8, 4) is 11.6 Å². The number of amides is 1. The number of carbonyl (C=O) groups excluding carboxylic acids is 1. The first-order chi connectivity index (χ1) is 13.5. The summed E-state index contributed by atoms with van der Waals surface area (Å²) in [5.74, 6) is -1.06. The second kappa shape index (κ2) is 8.12. The largest absolute Gasteiger partial charge is 0.493 e. The Bertz CT molecular complexity index is 1130. The van der Waals surface area contributed by atoms with Gasteiger partial charge in [-0.05, 0) is 30.7 Å². The van der Waals surface area contributed by atoms with Gasteiger partial charge in [0.25, 0.3) is 11.5 Å². The molecule has 1 aromatic carbocycles. The van der Waals surface area contributed by atoms with E-state index in [0.717, 1.165) is 4.57 Å². The number of hydrazone groups is 1. The van der Waals surface area contributed by atoms with E-state index in [9.17, 15) is 19.5 Å². The van der Waals surface area contributed by atoms with Crippen molar-refractivity contribution in [3.63, 3.8) is 0 Å². The Morgan fingerprint density at radius 3 is 2.50 bits per heavy atom. The van der Waals surface area contributed by atoms with Crippen molar-refractivity contribution in [1.29, 1.82) is 0 Å². The van der Waals surface area contributed by atoms with Crippen molar-refractivity contribution >= 4 is 11.6 Å². The molecule has 3 rings (SSSR count). The van der Waals surface area contributed by atoms with Crippen molar-refractivity contribution in [2.45, 2.75) is 13.3 Å². The standard InChI is InChI=1S/C19H17N5O4/c1-2-14(22-23-16(25)12-8-10-20-11-9-12)15-17(26)21-19(28)24(18(15)27)13-6-4-3-5-7-13/h3-11,27H,2H2,1H3,(H,23,25)(H,21,26,28)/b22-14+. The maximum atomic E-state index is 12.3. The molecule has 2 aromatic heterocycles. The Balaban J connectivity index is 2.04. The third-order valence-corrected chi connectivity index (χ3v) is 3.96. The van der Waals surface area contributed by atoms with Crippen LogP contribution in [0.1, 0.15) is 29.3 Å².